The normalized spacial score (nSPS) is 21.5. The first-order chi connectivity index (χ1) is 8.72. The molecule has 1 aliphatic heterocycles. The van der Waals surface area contributed by atoms with E-state index in [9.17, 15) is 8.42 Å². The van der Waals surface area contributed by atoms with Crippen LogP contribution in [0.5, 0.6) is 0 Å². The number of rotatable bonds is 7. The van der Waals surface area contributed by atoms with Crippen molar-refractivity contribution < 1.29 is 17.9 Å². The predicted octanol–water partition coefficient (Wildman–Crippen LogP) is 1.52. The molecule has 1 fully saturated rings. The standard InChI is InChI=1S/C13H27NO4S/c1-11(2)8-12(3)18-9-13(10-19(14,15)16)4-6-17-7-5-13/h11-12H,4-10H2,1-3H3,(H2,14,15,16). The smallest absolute Gasteiger partial charge is 0.209 e. The van der Waals surface area contributed by atoms with Crippen LogP contribution in [0.4, 0.5) is 0 Å². The van der Waals surface area contributed by atoms with Gasteiger partial charge in [-0.1, -0.05) is 13.8 Å². The maximum atomic E-state index is 11.4. The molecule has 0 radical (unpaired) electrons. The van der Waals surface area contributed by atoms with Crippen LogP contribution in [0, 0.1) is 11.3 Å². The molecular formula is C13H27NO4S. The topological polar surface area (TPSA) is 78.6 Å². The van der Waals surface area contributed by atoms with Gasteiger partial charge in [-0.05, 0) is 32.1 Å². The van der Waals surface area contributed by atoms with Crippen molar-refractivity contribution in [2.75, 3.05) is 25.6 Å². The Balaban J connectivity index is 2.59. The van der Waals surface area contributed by atoms with Gasteiger partial charge in [-0.15, -0.1) is 0 Å². The summed E-state index contributed by atoms with van der Waals surface area (Å²) in [6.45, 7) is 7.93. The first-order valence-electron chi connectivity index (χ1n) is 6.92. The maximum absolute atomic E-state index is 11.4. The lowest BCUT2D eigenvalue weighted by Gasteiger charge is -2.37. The zero-order valence-corrected chi connectivity index (χ0v) is 13.0. The van der Waals surface area contributed by atoms with E-state index in [0.29, 0.717) is 38.6 Å². The molecule has 0 saturated carbocycles. The summed E-state index contributed by atoms with van der Waals surface area (Å²) in [4.78, 5) is 0. The van der Waals surface area contributed by atoms with Gasteiger partial charge in [-0.3, -0.25) is 0 Å². The number of sulfonamides is 1. The average molecular weight is 293 g/mol. The van der Waals surface area contributed by atoms with E-state index >= 15 is 0 Å². The molecule has 5 nitrogen and oxygen atoms in total. The lowest BCUT2D eigenvalue weighted by molar-refractivity contribution is -0.0525. The Hall–Kier alpha value is -0.170. The minimum absolute atomic E-state index is 0.0161. The van der Waals surface area contributed by atoms with Gasteiger partial charge in [0.15, 0.2) is 0 Å². The summed E-state index contributed by atoms with van der Waals surface area (Å²) < 4.78 is 34.0. The van der Waals surface area contributed by atoms with E-state index in [1.54, 1.807) is 0 Å². The fourth-order valence-electron chi connectivity index (χ4n) is 2.61. The second-order valence-electron chi connectivity index (χ2n) is 6.17. The zero-order chi connectivity index (χ0) is 14.5. The van der Waals surface area contributed by atoms with Gasteiger partial charge in [0, 0.05) is 18.6 Å². The number of hydrogen-bond donors (Lipinski definition) is 1. The first kappa shape index (κ1) is 16.9. The summed E-state index contributed by atoms with van der Waals surface area (Å²) in [6, 6.07) is 0. The molecule has 6 heteroatoms. The van der Waals surface area contributed by atoms with Gasteiger partial charge < -0.3 is 9.47 Å². The van der Waals surface area contributed by atoms with Crippen LogP contribution in [0.25, 0.3) is 0 Å². The van der Waals surface area contributed by atoms with E-state index in [1.807, 2.05) is 6.92 Å². The summed E-state index contributed by atoms with van der Waals surface area (Å²) in [6.07, 6.45) is 2.50. The molecule has 1 aliphatic rings. The third-order valence-electron chi connectivity index (χ3n) is 3.54. The van der Waals surface area contributed by atoms with Crippen LogP contribution in [0.2, 0.25) is 0 Å². The van der Waals surface area contributed by atoms with Gasteiger partial charge in [0.2, 0.25) is 10.0 Å². The molecule has 1 saturated heterocycles. The van der Waals surface area contributed by atoms with Crippen molar-refractivity contribution in [3.63, 3.8) is 0 Å². The van der Waals surface area contributed by atoms with Crippen LogP contribution in [-0.4, -0.2) is 40.1 Å². The van der Waals surface area contributed by atoms with Crippen LogP contribution in [0.3, 0.4) is 0 Å². The fourth-order valence-corrected chi connectivity index (χ4v) is 3.84. The molecule has 2 N–H and O–H groups in total. The number of hydrogen-bond acceptors (Lipinski definition) is 4. The van der Waals surface area contributed by atoms with Crippen molar-refractivity contribution in [3.05, 3.63) is 0 Å². The third-order valence-corrected chi connectivity index (χ3v) is 4.55. The summed E-state index contributed by atoms with van der Waals surface area (Å²) in [7, 11) is -3.49. The van der Waals surface area contributed by atoms with Crippen molar-refractivity contribution in [2.24, 2.45) is 16.5 Å². The lowest BCUT2D eigenvalue weighted by atomic mass is 9.83. The van der Waals surface area contributed by atoms with Crippen LogP contribution in [0.1, 0.15) is 40.0 Å². The fraction of sp³-hybridized carbons (Fsp3) is 1.00. The molecule has 0 bridgehead atoms. The van der Waals surface area contributed by atoms with Crippen molar-refractivity contribution in [3.8, 4) is 0 Å². The largest absolute Gasteiger partial charge is 0.381 e. The summed E-state index contributed by atoms with van der Waals surface area (Å²) in [5.41, 5.74) is -0.378. The number of ether oxygens (including phenoxy) is 2. The molecule has 0 aromatic heterocycles. The van der Waals surface area contributed by atoms with Gasteiger partial charge in [0.1, 0.15) is 0 Å². The minimum Gasteiger partial charge on any atom is -0.381 e. The minimum atomic E-state index is -3.49. The van der Waals surface area contributed by atoms with Crippen molar-refractivity contribution in [1.82, 2.24) is 0 Å². The molecule has 1 rings (SSSR count). The molecular weight excluding hydrogens is 266 g/mol. The SMILES string of the molecule is CC(C)CC(C)OCC1(CS(N)(=O)=O)CCOCC1. The highest BCUT2D eigenvalue weighted by Gasteiger charge is 2.37. The van der Waals surface area contributed by atoms with Crippen molar-refractivity contribution >= 4 is 10.0 Å². The number of nitrogens with two attached hydrogens (primary N) is 1. The monoisotopic (exact) mass is 293 g/mol. The highest BCUT2D eigenvalue weighted by atomic mass is 32.2. The van der Waals surface area contributed by atoms with Crippen LogP contribution >= 0.6 is 0 Å². The summed E-state index contributed by atoms with van der Waals surface area (Å²) in [5.74, 6) is 0.552. The molecule has 0 spiro atoms. The maximum Gasteiger partial charge on any atom is 0.209 e. The van der Waals surface area contributed by atoms with Gasteiger partial charge >= 0.3 is 0 Å². The molecule has 1 unspecified atom stereocenters. The third kappa shape index (κ3) is 6.70. The van der Waals surface area contributed by atoms with Crippen LogP contribution in [-0.2, 0) is 19.5 Å². The Kier molecular flexibility index (Phi) is 6.23. The number of primary sulfonamides is 1. The molecule has 0 aliphatic carbocycles. The highest BCUT2D eigenvalue weighted by Crippen LogP contribution is 2.32. The molecule has 0 aromatic carbocycles. The second kappa shape index (κ2) is 7.02. The molecule has 0 aromatic rings. The van der Waals surface area contributed by atoms with E-state index in [-0.39, 0.29) is 17.3 Å². The second-order valence-corrected chi connectivity index (χ2v) is 7.79. The van der Waals surface area contributed by atoms with Gasteiger partial charge in [-0.2, -0.15) is 0 Å². The van der Waals surface area contributed by atoms with Crippen molar-refractivity contribution in [1.29, 1.82) is 0 Å². The van der Waals surface area contributed by atoms with E-state index in [1.165, 1.54) is 0 Å². The van der Waals surface area contributed by atoms with E-state index in [2.05, 4.69) is 13.8 Å². The Morgan fingerprint density at radius 1 is 1.26 bits per heavy atom. The van der Waals surface area contributed by atoms with E-state index in [0.717, 1.165) is 6.42 Å². The lowest BCUT2D eigenvalue weighted by Crippen LogP contribution is -2.42. The zero-order valence-electron chi connectivity index (χ0n) is 12.2. The van der Waals surface area contributed by atoms with E-state index in [4.69, 9.17) is 14.6 Å². The van der Waals surface area contributed by atoms with Gasteiger partial charge in [-0.25, -0.2) is 13.6 Å². The molecule has 19 heavy (non-hydrogen) atoms. The van der Waals surface area contributed by atoms with Gasteiger partial charge in [0.05, 0.1) is 18.5 Å². The van der Waals surface area contributed by atoms with E-state index < -0.39 is 10.0 Å². The Morgan fingerprint density at radius 3 is 2.32 bits per heavy atom. The van der Waals surface area contributed by atoms with Gasteiger partial charge in [0.25, 0.3) is 0 Å². The van der Waals surface area contributed by atoms with Crippen LogP contribution < -0.4 is 5.14 Å². The molecule has 0 amide bonds. The molecule has 1 heterocycles. The Morgan fingerprint density at radius 2 is 1.84 bits per heavy atom. The van der Waals surface area contributed by atoms with Crippen molar-refractivity contribution in [2.45, 2.75) is 46.1 Å². The quantitative estimate of drug-likeness (QED) is 0.772. The molecule has 114 valence electrons. The van der Waals surface area contributed by atoms with Crippen LogP contribution in [0.15, 0.2) is 0 Å². The first-order valence-corrected chi connectivity index (χ1v) is 8.64. The Bertz CT molecular complexity index is 361. The Labute approximate surface area is 116 Å². The average Bonchev–Trinajstić information content (AvgIpc) is 2.24. The molecule has 1 atom stereocenters. The highest BCUT2D eigenvalue weighted by molar-refractivity contribution is 7.89. The predicted molar refractivity (Wildman–Crippen MR) is 75.3 cm³/mol. The summed E-state index contributed by atoms with van der Waals surface area (Å²) >= 11 is 0. The summed E-state index contributed by atoms with van der Waals surface area (Å²) in [5, 5.41) is 5.21.